The van der Waals surface area contributed by atoms with Gasteiger partial charge in [0.1, 0.15) is 0 Å². The van der Waals surface area contributed by atoms with Crippen molar-refractivity contribution < 1.29 is 9.66 Å². The molecule has 1 aromatic carbocycles. The molecule has 4 nitrogen and oxygen atoms in total. The normalized spacial score (nSPS) is 11.5. The first-order chi connectivity index (χ1) is 7.69. The van der Waals surface area contributed by atoms with Gasteiger partial charge >= 0.3 is 0 Å². The quantitative estimate of drug-likeness (QED) is 0.567. The van der Waals surface area contributed by atoms with Crippen molar-refractivity contribution in [3.8, 4) is 0 Å². The Morgan fingerprint density at radius 1 is 1.50 bits per heavy atom. The number of hydrogen-bond acceptors (Lipinski definition) is 3. The van der Waals surface area contributed by atoms with E-state index < -0.39 is 0 Å². The highest BCUT2D eigenvalue weighted by Gasteiger charge is 2.08. The van der Waals surface area contributed by atoms with Gasteiger partial charge < -0.3 is 4.74 Å². The van der Waals surface area contributed by atoms with E-state index in [2.05, 4.69) is 0 Å². The Balaban J connectivity index is 3.07. The standard InChI is InChI=1S/C12H15NO3/c1-3-12(13(14)15)8-10-6-4-5-7-11(10)9-16-2/h4-8H,3,9H2,1-2H3. The molecule has 0 aliphatic carbocycles. The molecule has 0 atom stereocenters. The van der Waals surface area contributed by atoms with E-state index in [4.69, 9.17) is 4.74 Å². The molecule has 0 N–H and O–H groups in total. The number of nitro groups is 1. The second kappa shape index (κ2) is 6.02. The van der Waals surface area contributed by atoms with Crippen LogP contribution in [0.1, 0.15) is 24.5 Å². The summed E-state index contributed by atoms with van der Waals surface area (Å²) >= 11 is 0. The molecule has 0 spiro atoms. The SMILES string of the molecule is CCC(=Cc1ccccc1COC)[N+](=O)[O-]. The van der Waals surface area contributed by atoms with Crippen molar-refractivity contribution in [1.82, 2.24) is 0 Å². The number of rotatable bonds is 5. The average Bonchev–Trinajstić information content (AvgIpc) is 2.27. The Labute approximate surface area is 94.7 Å². The van der Waals surface area contributed by atoms with Crippen molar-refractivity contribution in [2.24, 2.45) is 0 Å². The van der Waals surface area contributed by atoms with E-state index >= 15 is 0 Å². The molecule has 0 aliphatic heterocycles. The minimum absolute atomic E-state index is 0.212. The van der Waals surface area contributed by atoms with E-state index in [0.29, 0.717) is 13.0 Å². The zero-order valence-corrected chi connectivity index (χ0v) is 9.47. The number of nitrogens with zero attached hydrogens (tertiary/aromatic N) is 1. The summed E-state index contributed by atoms with van der Waals surface area (Å²) in [6.07, 6.45) is 2.02. The monoisotopic (exact) mass is 221 g/mol. The largest absolute Gasteiger partial charge is 0.380 e. The van der Waals surface area contributed by atoms with E-state index in [0.717, 1.165) is 11.1 Å². The predicted molar refractivity (Wildman–Crippen MR) is 62.4 cm³/mol. The van der Waals surface area contributed by atoms with Crippen LogP contribution in [0.25, 0.3) is 6.08 Å². The molecule has 0 saturated carbocycles. The summed E-state index contributed by atoms with van der Waals surface area (Å²) in [4.78, 5) is 10.4. The molecule has 0 fully saturated rings. The molecular weight excluding hydrogens is 206 g/mol. The van der Waals surface area contributed by atoms with Crippen LogP contribution in [0.5, 0.6) is 0 Å². The average molecular weight is 221 g/mol. The maximum atomic E-state index is 10.7. The van der Waals surface area contributed by atoms with Gasteiger partial charge in [0.05, 0.1) is 11.5 Å². The van der Waals surface area contributed by atoms with E-state index in [-0.39, 0.29) is 10.6 Å². The van der Waals surface area contributed by atoms with Crippen LogP contribution in [0.2, 0.25) is 0 Å². The summed E-state index contributed by atoms with van der Waals surface area (Å²) < 4.78 is 5.05. The fraction of sp³-hybridized carbons (Fsp3) is 0.333. The Kier molecular flexibility index (Phi) is 4.66. The molecule has 0 radical (unpaired) electrons. The second-order valence-electron chi connectivity index (χ2n) is 3.38. The van der Waals surface area contributed by atoms with Crippen LogP contribution < -0.4 is 0 Å². The maximum absolute atomic E-state index is 10.7. The predicted octanol–water partition coefficient (Wildman–Crippen LogP) is 2.86. The van der Waals surface area contributed by atoms with Crippen molar-refractivity contribution in [1.29, 1.82) is 0 Å². The molecule has 16 heavy (non-hydrogen) atoms. The van der Waals surface area contributed by atoms with Crippen molar-refractivity contribution in [3.63, 3.8) is 0 Å². The number of ether oxygens (including phenoxy) is 1. The highest BCUT2D eigenvalue weighted by Crippen LogP contribution is 2.15. The molecule has 4 heteroatoms. The van der Waals surface area contributed by atoms with E-state index in [9.17, 15) is 10.1 Å². The Morgan fingerprint density at radius 3 is 2.75 bits per heavy atom. The summed E-state index contributed by atoms with van der Waals surface area (Å²) in [5.41, 5.74) is 2.01. The van der Waals surface area contributed by atoms with Gasteiger partial charge in [-0.3, -0.25) is 10.1 Å². The first-order valence-electron chi connectivity index (χ1n) is 5.10. The molecule has 0 aromatic heterocycles. The van der Waals surface area contributed by atoms with Crippen LogP contribution in [0.15, 0.2) is 30.0 Å². The molecule has 86 valence electrons. The van der Waals surface area contributed by atoms with Gasteiger partial charge in [0, 0.05) is 19.6 Å². The van der Waals surface area contributed by atoms with Crippen LogP contribution in [0.3, 0.4) is 0 Å². The summed E-state index contributed by atoms with van der Waals surface area (Å²) in [6, 6.07) is 7.51. The number of allylic oxidation sites excluding steroid dienone is 1. The summed E-state index contributed by atoms with van der Waals surface area (Å²) in [7, 11) is 1.61. The van der Waals surface area contributed by atoms with E-state index in [1.54, 1.807) is 20.1 Å². The van der Waals surface area contributed by atoms with Crippen molar-refractivity contribution >= 4 is 6.08 Å². The lowest BCUT2D eigenvalue weighted by Gasteiger charge is -2.04. The number of benzene rings is 1. The lowest BCUT2D eigenvalue weighted by Crippen LogP contribution is -1.98. The molecule has 0 saturated heterocycles. The molecule has 0 amide bonds. The van der Waals surface area contributed by atoms with Crippen LogP contribution in [0, 0.1) is 10.1 Å². The third-order valence-electron chi connectivity index (χ3n) is 2.27. The van der Waals surface area contributed by atoms with E-state index in [1.807, 2.05) is 24.3 Å². The van der Waals surface area contributed by atoms with Crippen molar-refractivity contribution in [2.75, 3.05) is 7.11 Å². The van der Waals surface area contributed by atoms with Crippen LogP contribution in [0.4, 0.5) is 0 Å². The van der Waals surface area contributed by atoms with Crippen LogP contribution in [-0.4, -0.2) is 12.0 Å². The Hall–Kier alpha value is -1.68. The van der Waals surface area contributed by atoms with E-state index in [1.165, 1.54) is 0 Å². The summed E-state index contributed by atoms with van der Waals surface area (Å²) in [6.45, 7) is 2.23. The third kappa shape index (κ3) is 3.17. The van der Waals surface area contributed by atoms with Crippen LogP contribution >= 0.6 is 0 Å². The fourth-order valence-corrected chi connectivity index (χ4v) is 1.43. The molecule has 1 aromatic rings. The fourth-order valence-electron chi connectivity index (χ4n) is 1.43. The summed E-state index contributed by atoms with van der Waals surface area (Å²) in [5.74, 6) is 0. The van der Waals surface area contributed by atoms with Gasteiger partial charge in [0.15, 0.2) is 0 Å². The van der Waals surface area contributed by atoms with Crippen molar-refractivity contribution in [3.05, 3.63) is 51.2 Å². The zero-order chi connectivity index (χ0) is 12.0. The molecule has 0 aliphatic rings. The van der Waals surface area contributed by atoms with Crippen LogP contribution in [-0.2, 0) is 11.3 Å². The van der Waals surface area contributed by atoms with Gasteiger partial charge in [-0.25, -0.2) is 0 Å². The lowest BCUT2D eigenvalue weighted by atomic mass is 10.1. The lowest BCUT2D eigenvalue weighted by molar-refractivity contribution is -0.425. The van der Waals surface area contributed by atoms with Gasteiger partial charge in [-0.15, -0.1) is 0 Å². The van der Waals surface area contributed by atoms with Crippen molar-refractivity contribution in [2.45, 2.75) is 20.0 Å². The third-order valence-corrected chi connectivity index (χ3v) is 2.27. The Bertz CT molecular complexity index is 399. The number of methoxy groups -OCH3 is 1. The first kappa shape index (κ1) is 12.4. The smallest absolute Gasteiger partial charge is 0.246 e. The Morgan fingerprint density at radius 2 is 2.19 bits per heavy atom. The highest BCUT2D eigenvalue weighted by atomic mass is 16.6. The second-order valence-corrected chi connectivity index (χ2v) is 3.38. The number of hydrogen-bond donors (Lipinski definition) is 0. The zero-order valence-electron chi connectivity index (χ0n) is 9.47. The molecule has 1 rings (SSSR count). The van der Waals surface area contributed by atoms with Gasteiger partial charge in [-0.1, -0.05) is 31.2 Å². The minimum Gasteiger partial charge on any atom is -0.380 e. The minimum atomic E-state index is -0.344. The molecule has 0 unspecified atom stereocenters. The summed E-state index contributed by atoms with van der Waals surface area (Å²) in [5, 5.41) is 10.7. The maximum Gasteiger partial charge on any atom is 0.246 e. The first-order valence-corrected chi connectivity index (χ1v) is 5.10. The van der Waals surface area contributed by atoms with Gasteiger partial charge in [0.25, 0.3) is 0 Å². The highest BCUT2D eigenvalue weighted by molar-refractivity contribution is 5.55. The topological polar surface area (TPSA) is 52.4 Å². The van der Waals surface area contributed by atoms with Gasteiger partial charge in [-0.05, 0) is 11.1 Å². The van der Waals surface area contributed by atoms with Gasteiger partial charge in [-0.2, -0.15) is 0 Å². The van der Waals surface area contributed by atoms with Gasteiger partial charge in [0.2, 0.25) is 5.70 Å². The molecular formula is C12H15NO3. The molecule has 0 bridgehead atoms. The molecule has 0 heterocycles.